The van der Waals surface area contributed by atoms with Crippen molar-refractivity contribution in [3.63, 3.8) is 0 Å². The normalized spacial score (nSPS) is 19.2. The van der Waals surface area contributed by atoms with Gasteiger partial charge >= 0.3 is 0 Å². The lowest BCUT2D eigenvalue weighted by molar-refractivity contribution is 0.105. The van der Waals surface area contributed by atoms with E-state index in [1.54, 1.807) is 6.26 Å². The lowest BCUT2D eigenvalue weighted by Gasteiger charge is -2.20. The molecule has 1 saturated heterocycles. The molecule has 118 valence electrons. The summed E-state index contributed by atoms with van der Waals surface area (Å²) in [5.74, 6) is 1.73. The largest absolute Gasteiger partial charge is 0.467 e. The molecule has 21 heavy (non-hydrogen) atoms. The van der Waals surface area contributed by atoms with E-state index in [0.717, 1.165) is 37.7 Å². The molecule has 0 amide bonds. The second-order valence-electron chi connectivity index (χ2n) is 5.11. The molecule has 6 heteroatoms. The molecule has 2 N–H and O–H groups in total. The van der Waals surface area contributed by atoms with E-state index >= 15 is 0 Å². The Kier molecular flexibility index (Phi) is 6.56. The molecule has 6 nitrogen and oxygen atoms in total. The lowest BCUT2D eigenvalue weighted by atomic mass is 10.3. The minimum Gasteiger partial charge on any atom is -0.467 e. The highest BCUT2D eigenvalue weighted by Crippen LogP contribution is 2.08. The molecule has 1 atom stereocenters. The van der Waals surface area contributed by atoms with Crippen LogP contribution in [0.2, 0.25) is 0 Å². The molecule has 2 rings (SSSR count). The predicted octanol–water partition coefficient (Wildman–Crippen LogP) is 1.22. The van der Waals surface area contributed by atoms with Crippen LogP contribution in [-0.2, 0) is 11.3 Å². The first-order valence-corrected chi connectivity index (χ1v) is 7.61. The summed E-state index contributed by atoms with van der Waals surface area (Å²) in [7, 11) is 0. The quantitative estimate of drug-likeness (QED) is 0.450. The maximum Gasteiger partial charge on any atom is 0.194 e. The molecular formula is C15H25N3O3. The van der Waals surface area contributed by atoms with Gasteiger partial charge in [0, 0.05) is 32.8 Å². The summed E-state index contributed by atoms with van der Waals surface area (Å²) in [5, 5.41) is 12.9. The Labute approximate surface area is 125 Å². The van der Waals surface area contributed by atoms with Crippen molar-refractivity contribution < 1.29 is 14.3 Å². The van der Waals surface area contributed by atoms with Crippen molar-refractivity contribution in [2.45, 2.75) is 32.5 Å². The molecular weight excluding hydrogens is 270 g/mol. The number of aliphatic hydroxyl groups excluding tert-OH is 1. The predicted molar refractivity (Wildman–Crippen MR) is 81.2 cm³/mol. The summed E-state index contributed by atoms with van der Waals surface area (Å²) < 4.78 is 10.7. The van der Waals surface area contributed by atoms with Crippen LogP contribution in [0, 0.1) is 0 Å². The molecule has 0 spiro atoms. The number of nitrogens with one attached hydrogen (secondary N) is 1. The van der Waals surface area contributed by atoms with E-state index in [4.69, 9.17) is 9.15 Å². The lowest BCUT2D eigenvalue weighted by Crippen LogP contribution is -2.40. The van der Waals surface area contributed by atoms with Gasteiger partial charge in [-0.1, -0.05) is 0 Å². The Morgan fingerprint density at radius 3 is 3.19 bits per heavy atom. The van der Waals surface area contributed by atoms with E-state index in [-0.39, 0.29) is 6.10 Å². The smallest absolute Gasteiger partial charge is 0.194 e. The average molecular weight is 295 g/mol. The second kappa shape index (κ2) is 8.69. The third-order valence-corrected chi connectivity index (χ3v) is 3.33. The number of β-amino-alcohol motifs (C(OH)–C–C–N with tert-alkyl or cyclic N) is 1. The molecule has 0 radical (unpaired) electrons. The van der Waals surface area contributed by atoms with Gasteiger partial charge in [0.05, 0.1) is 12.4 Å². The molecule has 0 bridgehead atoms. The number of aliphatic imine (C=N–C) groups is 1. The van der Waals surface area contributed by atoms with Crippen LogP contribution in [0.25, 0.3) is 0 Å². The van der Waals surface area contributed by atoms with Crippen LogP contribution < -0.4 is 5.32 Å². The highest BCUT2D eigenvalue weighted by atomic mass is 16.5. The molecule has 1 fully saturated rings. The number of hydrogen-bond donors (Lipinski definition) is 2. The minimum absolute atomic E-state index is 0.231. The van der Waals surface area contributed by atoms with Gasteiger partial charge in [-0.15, -0.1) is 0 Å². The van der Waals surface area contributed by atoms with Crippen molar-refractivity contribution in [3.8, 4) is 0 Å². The second-order valence-corrected chi connectivity index (χ2v) is 5.11. The van der Waals surface area contributed by atoms with Gasteiger partial charge in [-0.2, -0.15) is 0 Å². The Hall–Kier alpha value is -1.53. The first-order valence-electron chi connectivity index (χ1n) is 7.61. The Bertz CT molecular complexity index is 420. The van der Waals surface area contributed by atoms with Crippen LogP contribution in [0.1, 0.15) is 25.5 Å². The van der Waals surface area contributed by atoms with Gasteiger partial charge in [-0.3, -0.25) is 4.99 Å². The van der Waals surface area contributed by atoms with Gasteiger partial charge in [0.25, 0.3) is 0 Å². The Balaban J connectivity index is 1.65. The third-order valence-electron chi connectivity index (χ3n) is 3.33. The van der Waals surface area contributed by atoms with Crippen molar-refractivity contribution in [3.05, 3.63) is 24.2 Å². The van der Waals surface area contributed by atoms with E-state index in [1.807, 2.05) is 12.1 Å². The monoisotopic (exact) mass is 295 g/mol. The van der Waals surface area contributed by atoms with Gasteiger partial charge < -0.3 is 24.5 Å². The van der Waals surface area contributed by atoms with Crippen LogP contribution in [0.4, 0.5) is 0 Å². The number of aliphatic hydroxyl groups is 1. The molecule has 0 aliphatic carbocycles. The van der Waals surface area contributed by atoms with Crippen LogP contribution in [0.5, 0.6) is 0 Å². The number of furan rings is 1. The van der Waals surface area contributed by atoms with Gasteiger partial charge in [-0.25, -0.2) is 0 Å². The van der Waals surface area contributed by atoms with E-state index in [0.29, 0.717) is 26.3 Å². The summed E-state index contributed by atoms with van der Waals surface area (Å²) in [6.45, 7) is 6.30. The molecule has 1 aromatic rings. The zero-order valence-electron chi connectivity index (χ0n) is 12.6. The van der Waals surface area contributed by atoms with Crippen molar-refractivity contribution in [2.75, 3.05) is 32.8 Å². The minimum atomic E-state index is -0.231. The summed E-state index contributed by atoms with van der Waals surface area (Å²) in [4.78, 5) is 6.69. The number of ether oxygens (including phenoxy) is 1. The molecule has 1 aromatic heterocycles. The fraction of sp³-hybridized carbons (Fsp3) is 0.667. The standard InChI is InChI=1S/C15H25N3O3/c1-2-16-15(18-8-6-13(19)11-18)17-7-4-9-20-12-14-5-3-10-21-14/h3,5,10,13,19H,2,4,6-9,11-12H2,1H3,(H,16,17)/t13-/m1/s1. The zero-order valence-corrected chi connectivity index (χ0v) is 12.6. The van der Waals surface area contributed by atoms with Crippen molar-refractivity contribution in [1.82, 2.24) is 10.2 Å². The van der Waals surface area contributed by atoms with Crippen LogP contribution in [0.3, 0.4) is 0 Å². The van der Waals surface area contributed by atoms with E-state index in [9.17, 15) is 5.11 Å². The molecule has 1 aliphatic heterocycles. The first kappa shape index (κ1) is 15.9. The fourth-order valence-electron chi connectivity index (χ4n) is 2.28. The first-order chi connectivity index (χ1) is 10.3. The van der Waals surface area contributed by atoms with Crippen LogP contribution in [-0.4, -0.2) is 54.9 Å². The van der Waals surface area contributed by atoms with Crippen molar-refractivity contribution in [1.29, 1.82) is 0 Å². The fourth-order valence-corrected chi connectivity index (χ4v) is 2.28. The van der Waals surface area contributed by atoms with Crippen LogP contribution >= 0.6 is 0 Å². The highest BCUT2D eigenvalue weighted by Gasteiger charge is 2.22. The van der Waals surface area contributed by atoms with E-state index in [1.165, 1.54) is 0 Å². The number of nitrogens with zero attached hydrogens (tertiary/aromatic N) is 2. The molecule has 0 aromatic carbocycles. The van der Waals surface area contributed by atoms with Gasteiger partial charge in [-0.05, 0) is 31.9 Å². The summed E-state index contributed by atoms with van der Waals surface area (Å²) in [6.07, 6.45) is 3.10. The molecule has 2 heterocycles. The van der Waals surface area contributed by atoms with Crippen molar-refractivity contribution >= 4 is 5.96 Å². The van der Waals surface area contributed by atoms with Gasteiger partial charge in [0.1, 0.15) is 12.4 Å². The van der Waals surface area contributed by atoms with Gasteiger partial charge in [0.15, 0.2) is 5.96 Å². The summed E-state index contributed by atoms with van der Waals surface area (Å²) in [6, 6.07) is 3.76. The van der Waals surface area contributed by atoms with Gasteiger partial charge in [0.2, 0.25) is 0 Å². The summed E-state index contributed by atoms with van der Waals surface area (Å²) >= 11 is 0. The average Bonchev–Trinajstić information content (AvgIpc) is 3.13. The summed E-state index contributed by atoms with van der Waals surface area (Å²) in [5.41, 5.74) is 0. The van der Waals surface area contributed by atoms with E-state index in [2.05, 4.69) is 22.1 Å². The number of likely N-dealkylation sites (tertiary alicyclic amines) is 1. The third kappa shape index (κ3) is 5.40. The number of hydrogen-bond acceptors (Lipinski definition) is 4. The maximum absolute atomic E-state index is 9.60. The SMILES string of the molecule is CCNC(=NCCCOCc1ccco1)N1CC[C@@H](O)C1. The maximum atomic E-state index is 9.60. The van der Waals surface area contributed by atoms with E-state index < -0.39 is 0 Å². The number of guanidine groups is 1. The Morgan fingerprint density at radius 2 is 2.52 bits per heavy atom. The topological polar surface area (TPSA) is 70.2 Å². The highest BCUT2D eigenvalue weighted by molar-refractivity contribution is 5.80. The molecule has 1 aliphatic rings. The number of rotatable bonds is 7. The van der Waals surface area contributed by atoms with Crippen LogP contribution in [0.15, 0.2) is 27.8 Å². The zero-order chi connectivity index (χ0) is 14.9. The molecule has 0 unspecified atom stereocenters. The molecule has 0 saturated carbocycles. The van der Waals surface area contributed by atoms with Crippen molar-refractivity contribution in [2.24, 2.45) is 4.99 Å². The Morgan fingerprint density at radius 1 is 1.62 bits per heavy atom.